The Balaban J connectivity index is 1.61. The molecule has 1 fully saturated rings. The zero-order valence-corrected chi connectivity index (χ0v) is 16.5. The van der Waals surface area contributed by atoms with Crippen LogP contribution in [0.4, 0.5) is 5.69 Å². The van der Waals surface area contributed by atoms with Gasteiger partial charge in [-0.3, -0.25) is 9.80 Å². The number of rotatable bonds is 4. The quantitative estimate of drug-likeness (QED) is 0.795. The summed E-state index contributed by atoms with van der Waals surface area (Å²) in [5.74, 6) is -0.0149. The molecule has 28 heavy (non-hydrogen) atoms. The van der Waals surface area contributed by atoms with Crippen LogP contribution in [0.25, 0.3) is 0 Å². The van der Waals surface area contributed by atoms with Crippen molar-refractivity contribution in [1.29, 1.82) is 0 Å². The van der Waals surface area contributed by atoms with Crippen molar-refractivity contribution in [3.63, 3.8) is 0 Å². The Hall–Kier alpha value is -2.67. The van der Waals surface area contributed by atoms with Gasteiger partial charge in [0.2, 0.25) is 0 Å². The van der Waals surface area contributed by atoms with E-state index in [1.807, 2.05) is 65.7 Å². The Labute approximate surface area is 165 Å². The first-order valence-corrected chi connectivity index (χ1v) is 11.2. The summed E-state index contributed by atoms with van der Waals surface area (Å²) in [5, 5.41) is 6.54. The van der Waals surface area contributed by atoms with Crippen molar-refractivity contribution in [3.05, 3.63) is 66.2 Å². The minimum absolute atomic E-state index is 0.0348. The summed E-state index contributed by atoms with van der Waals surface area (Å²) in [6, 6.07) is 19.4. The van der Waals surface area contributed by atoms with Crippen LogP contribution in [-0.2, 0) is 14.6 Å². The molecule has 6 nitrogen and oxygen atoms in total. The second kappa shape index (κ2) is 7.39. The first kappa shape index (κ1) is 18.7. The van der Waals surface area contributed by atoms with Crippen molar-refractivity contribution in [2.24, 2.45) is 5.10 Å². The van der Waals surface area contributed by atoms with Crippen LogP contribution < -0.4 is 5.01 Å². The third kappa shape index (κ3) is 3.67. The standard InChI is InChI=1S/C21H23N3O3S/c1-23(18-12-13-28(26,27)15-18)21(25)19-14-20(16-8-4-2-5-9-16)24(22-19)17-10-6-3-7-11-17/h2-11,18,20H,12-15H2,1H3. The first-order chi connectivity index (χ1) is 13.4. The molecule has 4 rings (SSSR count). The van der Waals surface area contributed by atoms with E-state index in [0.717, 1.165) is 11.3 Å². The number of benzene rings is 2. The van der Waals surface area contributed by atoms with E-state index in [0.29, 0.717) is 18.6 Å². The summed E-state index contributed by atoms with van der Waals surface area (Å²) < 4.78 is 23.6. The lowest BCUT2D eigenvalue weighted by Crippen LogP contribution is -2.41. The largest absolute Gasteiger partial charge is 0.337 e. The summed E-state index contributed by atoms with van der Waals surface area (Å²) in [7, 11) is -1.37. The Morgan fingerprint density at radius 2 is 1.71 bits per heavy atom. The Bertz CT molecular complexity index is 990. The third-order valence-corrected chi connectivity index (χ3v) is 7.19. The van der Waals surface area contributed by atoms with Gasteiger partial charge in [0.1, 0.15) is 5.71 Å². The molecular weight excluding hydrogens is 374 g/mol. The molecule has 146 valence electrons. The lowest BCUT2D eigenvalue weighted by Gasteiger charge is -2.24. The molecule has 0 aliphatic carbocycles. The lowest BCUT2D eigenvalue weighted by molar-refractivity contribution is -0.124. The number of hydrazone groups is 1. The average Bonchev–Trinajstić information content (AvgIpc) is 3.32. The van der Waals surface area contributed by atoms with Crippen molar-refractivity contribution < 1.29 is 13.2 Å². The highest BCUT2D eigenvalue weighted by atomic mass is 32.2. The first-order valence-electron chi connectivity index (χ1n) is 9.39. The van der Waals surface area contributed by atoms with Crippen LogP contribution in [0.1, 0.15) is 24.4 Å². The fourth-order valence-corrected chi connectivity index (χ4v) is 5.62. The summed E-state index contributed by atoms with van der Waals surface area (Å²) in [6.07, 6.45) is 0.976. The predicted octanol–water partition coefficient (Wildman–Crippen LogP) is 2.64. The second-order valence-corrected chi connectivity index (χ2v) is 9.56. The number of sulfone groups is 1. The normalized spacial score (nSPS) is 23.5. The van der Waals surface area contributed by atoms with Crippen molar-refractivity contribution in [1.82, 2.24) is 4.90 Å². The van der Waals surface area contributed by atoms with Crippen LogP contribution in [0, 0.1) is 0 Å². The smallest absolute Gasteiger partial charge is 0.270 e. The van der Waals surface area contributed by atoms with E-state index in [1.54, 1.807) is 11.9 Å². The molecule has 0 spiro atoms. The van der Waals surface area contributed by atoms with E-state index in [2.05, 4.69) is 5.10 Å². The monoisotopic (exact) mass is 397 g/mol. The summed E-state index contributed by atoms with van der Waals surface area (Å²) >= 11 is 0. The van der Waals surface area contributed by atoms with E-state index < -0.39 is 9.84 Å². The highest BCUT2D eigenvalue weighted by Gasteiger charge is 2.38. The molecule has 0 radical (unpaired) electrons. The van der Waals surface area contributed by atoms with E-state index in [-0.39, 0.29) is 29.5 Å². The fourth-order valence-electron chi connectivity index (χ4n) is 3.84. The zero-order valence-electron chi connectivity index (χ0n) is 15.7. The zero-order chi connectivity index (χ0) is 19.7. The maximum atomic E-state index is 13.1. The number of amides is 1. The van der Waals surface area contributed by atoms with Gasteiger partial charge >= 0.3 is 0 Å². The van der Waals surface area contributed by atoms with Gasteiger partial charge in [-0.2, -0.15) is 5.10 Å². The van der Waals surface area contributed by atoms with Crippen LogP contribution in [0.15, 0.2) is 65.8 Å². The van der Waals surface area contributed by atoms with Gasteiger partial charge in [-0.1, -0.05) is 48.5 Å². The van der Waals surface area contributed by atoms with Crippen LogP contribution in [0.3, 0.4) is 0 Å². The number of carbonyl (C=O) groups is 1. The summed E-state index contributed by atoms with van der Waals surface area (Å²) in [5.41, 5.74) is 2.47. The molecule has 2 aromatic rings. The molecule has 2 unspecified atom stereocenters. The van der Waals surface area contributed by atoms with Gasteiger partial charge in [0.05, 0.1) is 23.2 Å². The summed E-state index contributed by atoms with van der Waals surface area (Å²) in [4.78, 5) is 14.6. The van der Waals surface area contributed by atoms with Gasteiger partial charge in [-0.15, -0.1) is 0 Å². The predicted molar refractivity (Wildman–Crippen MR) is 110 cm³/mol. The van der Waals surface area contributed by atoms with Crippen LogP contribution in [0.5, 0.6) is 0 Å². The maximum Gasteiger partial charge on any atom is 0.270 e. The number of anilines is 1. The maximum absolute atomic E-state index is 13.1. The molecule has 0 saturated carbocycles. The van der Waals surface area contributed by atoms with Crippen LogP contribution >= 0.6 is 0 Å². The molecule has 0 aromatic heterocycles. The van der Waals surface area contributed by atoms with Gasteiger partial charge in [0.25, 0.3) is 5.91 Å². The van der Waals surface area contributed by atoms with Crippen molar-refractivity contribution in [3.8, 4) is 0 Å². The molecule has 2 aliphatic rings. The third-order valence-electron chi connectivity index (χ3n) is 5.44. The summed E-state index contributed by atoms with van der Waals surface area (Å²) in [6.45, 7) is 0. The van der Waals surface area contributed by atoms with Gasteiger partial charge < -0.3 is 4.90 Å². The number of hydrogen-bond acceptors (Lipinski definition) is 5. The molecule has 1 amide bonds. The van der Waals surface area contributed by atoms with E-state index in [1.165, 1.54) is 0 Å². The van der Waals surface area contributed by atoms with E-state index in [9.17, 15) is 13.2 Å². The molecule has 2 heterocycles. The van der Waals surface area contributed by atoms with Crippen LogP contribution in [-0.4, -0.2) is 49.5 Å². The molecule has 2 aromatic carbocycles. The number of para-hydroxylation sites is 1. The molecule has 0 bridgehead atoms. The Morgan fingerprint density at radius 3 is 2.32 bits per heavy atom. The SMILES string of the molecule is CN(C(=O)C1=NN(c2ccccc2)C(c2ccccc2)C1)C1CCS(=O)(=O)C1. The topological polar surface area (TPSA) is 70.1 Å². The molecular formula is C21H23N3O3S. The van der Waals surface area contributed by atoms with E-state index in [4.69, 9.17) is 0 Å². The second-order valence-electron chi connectivity index (χ2n) is 7.33. The van der Waals surface area contributed by atoms with Crippen molar-refractivity contribution >= 4 is 27.1 Å². The van der Waals surface area contributed by atoms with Gasteiger partial charge in [0, 0.05) is 19.5 Å². The molecule has 2 atom stereocenters. The highest BCUT2D eigenvalue weighted by Crippen LogP contribution is 2.35. The highest BCUT2D eigenvalue weighted by molar-refractivity contribution is 7.91. The molecule has 1 saturated heterocycles. The van der Waals surface area contributed by atoms with Gasteiger partial charge in [-0.05, 0) is 24.1 Å². The number of nitrogens with zero attached hydrogens (tertiary/aromatic N) is 3. The van der Waals surface area contributed by atoms with Gasteiger partial charge in [-0.25, -0.2) is 8.42 Å². The van der Waals surface area contributed by atoms with E-state index >= 15 is 0 Å². The van der Waals surface area contributed by atoms with Crippen molar-refractivity contribution in [2.45, 2.75) is 24.9 Å². The van der Waals surface area contributed by atoms with Gasteiger partial charge in [0.15, 0.2) is 9.84 Å². The average molecular weight is 398 g/mol. The number of hydrogen-bond donors (Lipinski definition) is 0. The fraction of sp³-hybridized carbons (Fsp3) is 0.333. The minimum atomic E-state index is -3.05. The Kier molecular flexibility index (Phi) is 4.93. The molecule has 0 N–H and O–H groups in total. The van der Waals surface area contributed by atoms with Crippen LogP contribution in [0.2, 0.25) is 0 Å². The number of carbonyl (C=O) groups excluding carboxylic acids is 1. The lowest BCUT2D eigenvalue weighted by atomic mass is 10.0. The Morgan fingerprint density at radius 1 is 1.07 bits per heavy atom. The molecule has 7 heteroatoms. The molecule has 2 aliphatic heterocycles. The minimum Gasteiger partial charge on any atom is -0.337 e. The van der Waals surface area contributed by atoms with Crippen molar-refractivity contribution in [2.75, 3.05) is 23.6 Å².